The highest BCUT2D eigenvalue weighted by Crippen LogP contribution is 2.28. The number of carbonyl (C=O) groups excluding carboxylic acids is 2. The largest absolute Gasteiger partial charge is 0.497 e. The van der Waals surface area contributed by atoms with Crippen molar-refractivity contribution in [3.63, 3.8) is 0 Å². The third-order valence-electron chi connectivity index (χ3n) is 5.49. The maximum atomic E-state index is 12.8. The number of aromatic nitrogens is 2. The van der Waals surface area contributed by atoms with Crippen LogP contribution >= 0.6 is 0 Å². The van der Waals surface area contributed by atoms with Gasteiger partial charge in [0, 0.05) is 30.4 Å². The summed E-state index contributed by atoms with van der Waals surface area (Å²) in [6, 6.07) is 12.2. The first-order valence-electron chi connectivity index (χ1n) is 10.1. The van der Waals surface area contributed by atoms with E-state index in [1.54, 1.807) is 59.0 Å². The second-order valence-electron chi connectivity index (χ2n) is 7.88. The molecule has 4 rings (SSSR count). The number of hydrogen-bond donors (Lipinski definition) is 1. The van der Waals surface area contributed by atoms with Crippen molar-refractivity contribution in [1.29, 1.82) is 0 Å². The third kappa shape index (κ3) is 4.01. The van der Waals surface area contributed by atoms with Gasteiger partial charge in [0.25, 0.3) is 5.56 Å². The fourth-order valence-corrected chi connectivity index (χ4v) is 3.72. The van der Waals surface area contributed by atoms with E-state index in [1.807, 2.05) is 13.8 Å². The van der Waals surface area contributed by atoms with Crippen molar-refractivity contribution in [1.82, 2.24) is 9.55 Å². The van der Waals surface area contributed by atoms with Crippen LogP contribution in [0.2, 0.25) is 0 Å². The molecule has 3 aromatic rings. The van der Waals surface area contributed by atoms with Crippen molar-refractivity contribution in [2.45, 2.75) is 26.3 Å². The molecule has 2 aromatic carbocycles. The predicted octanol–water partition coefficient (Wildman–Crippen LogP) is 2.98. The highest BCUT2D eigenvalue weighted by Gasteiger charge is 2.35. The SMILES string of the molecule is COc1ccc(N2CC(C(=O)Nc3ccc4ncn(C(C)C)c(=O)c4c3)CC2=O)cc1. The molecule has 0 aliphatic carbocycles. The number of nitrogens with zero attached hydrogens (tertiary/aromatic N) is 3. The number of nitrogens with one attached hydrogen (secondary N) is 1. The van der Waals surface area contributed by atoms with Gasteiger partial charge in [-0.1, -0.05) is 0 Å². The summed E-state index contributed by atoms with van der Waals surface area (Å²) in [6.07, 6.45) is 1.67. The lowest BCUT2D eigenvalue weighted by Crippen LogP contribution is -2.28. The van der Waals surface area contributed by atoms with E-state index < -0.39 is 5.92 Å². The fourth-order valence-electron chi connectivity index (χ4n) is 3.72. The second kappa shape index (κ2) is 8.22. The molecule has 0 radical (unpaired) electrons. The van der Waals surface area contributed by atoms with E-state index in [0.717, 1.165) is 5.69 Å². The highest BCUT2D eigenvalue weighted by molar-refractivity contribution is 6.04. The van der Waals surface area contributed by atoms with Gasteiger partial charge in [-0.05, 0) is 56.3 Å². The van der Waals surface area contributed by atoms with Crippen molar-refractivity contribution in [3.05, 3.63) is 59.1 Å². The number of hydrogen-bond acceptors (Lipinski definition) is 5. The van der Waals surface area contributed by atoms with Crippen molar-refractivity contribution >= 4 is 34.1 Å². The van der Waals surface area contributed by atoms with Crippen LogP contribution in [0.3, 0.4) is 0 Å². The molecule has 1 atom stereocenters. The molecule has 160 valence electrons. The van der Waals surface area contributed by atoms with E-state index in [2.05, 4.69) is 10.3 Å². The molecule has 2 amide bonds. The zero-order valence-electron chi connectivity index (χ0n) is 17.7. The zero-order valence-corrected chi connectivity index (χ0v) is 17.7. The highest BCUT2D eigenvalue weighted by atomic mass is 16.5. The first-order chi connectivity index (χ1) is 14.9. The van der Waals surface area contributed by atoms with Gasteiger partial charge in [0.15, 0.2) is 0 Å². The van der Waals surface area contributed by atoms with Gasteiger partial charge in [0.05, 0.1) is 30.3 Å². The fraction of sp³-hybridized carbons (Fsp3) is 0.304. The van der Waals surface area contributed by atoms with Crippen LogP contribution in [0.1, 0.15) is 26.3 Å². The van der Waals surface area contributed by atoms with Gasteiger partial charge in [-0.15, -0.1) is 0 Å². The Hall–Kier alpha value is -3.68. The van der Waals surface area contributed by atoms with Gasteiger partial charge >= 0.3 is 0 Å². The summed E-state index contributed by atoms with van der Waals surface area (Å²) in [4.78, 5) is 43.9. The summed E-state index contributed by atoms with van der Waals surface area (Å²) in [5.74, 6) is -0.136. The number of anilines is 2. The molecule has 8 nitrogen and oxygen atoms in total. The Morgan fingerprint density at radius 2 is 1.90 bits per heavy atom. The number of fused-ring (bicyclic) bond motifs is 1. The van der Waals surface area contributed by atoms with E-state index in [9.17, 15) is 14.4 Å². The minimum atomic E-state index is -0.480. The van der Waals surface area contributed by atoms with Gasteiger partial charge in [-0.25, -0.2) is 4.98 Å². The molecule has 1 unspecified atom stereocenters. The molecule has 1 aromatic heterocycles. The lowest BCUT2D eigenvalue weighted by atomic mass is 10.1. The Labute approximate surface area is 179 Å². The van der Waals surface area contributed by atoms with Crippen LogP contribution in [0, 0.1) is 5.92 Å². The van der Waals surface area contributed by atoms with Crippen LogP contribution < -0.4 is 20.5 Å². The van der Waals surface area contributed by atoms with Crippen LogP contribution in [0.5, 0.6) is 5.75 Å². The summed E-state index contributed by atoms with van der Waals surface area (Å²) in [5.41, 5.74) is 1.65. The minimum Gasteiger partial charge on any atom is -0.497 e. The van der Waals surface area contributed by atoms with Crippen LogP contribution in [-0.2, 0) is 9.59 Å². The number of rotatable bonds is 5. The van der Waals surface area contributed by atoms with E-state index >= 15 is 0 Å². The quantitative estimate of drug-likeness (QED) is 0.685. The first kappa shape index (κ1) is 20.6. The van der Waals surface area contributed by atoms with Crippen molar-refractivity contribution in [2.24, 2.45) is 5.92 Å². The molecule has 1 aliphatic rings. The summed E-state index contributed by atoms with van der Waals surface area (Å²) >= 11 is 0. The number of methoxy groups -OCH3 is 1. The third-order valence-corrected chi connectivity index (χ3v) is 5.49. The average molecular weight is 420 g/mol. The van der Waals surface area contributed by atoms with Gasteiger partial charge < -0.3 is 15.0 Å². The van der Waals surface area contributed by atoms with Crippen molar-refractivity contribution < 1.29 is 14.3 Å². The summed E-state index contributed by atoms with van der Waals surface area (Å²) in [6.45, 7) is 4.12. The Balaban J connectivity index is 1.51. The second-order valence-corrected chi connectivity index (χ2v) is 7.88. The molecule has 1 aliphatic heterocycles. The maximum absolute atomic E-state index is 12.8. The Morgan fingerprint density at radius 1 is 1.16 bits per heavy atom. The zero-order chi connectivity index (χ0) is 22.1. The maximum Gasteiger partial charge on any atom is 0.261 e. The molecule has 0 bridgehead atoms. The van der Waals surface area contributed by atoms with Crippen LogP contribution in [0.25, 0.3) is 10.9 Å². The van der Waals surface area contributed by atoms with Gasteiger partial charge in [-0.3, -0.25) is 19.0 Å². The molecule has 0 spiro atoms. The summed E-state index contributed by atoms with van der Waals surface area (Å²) in [7, 11) is 1.58. The predicted molar refractivity (Wildman–Crippen MR) is 118 cm³/mol. The molecule has 1 N–H and O–H groups in total. The van der Waals surface area contributed by atoms with Crippen LogP contribution in [0.15, 0.2) is 53.6 Å². The molecule has 1 fully saturated rings. The molecule has 2 heterocycles. The number of carbonyl (C=O) groups is 2. The smallest absolute Gasteiger partial charge is 0.261 e. The topological polar surface area (TPSA) is 93.5 Å². The van der Waals surface area contributed by atoms with E-state index in [-0.39, 0.29) is 29.8 Å². The average Bonchev–Trinajstić information content (AvgIpc) is 3.16. The van der Waals surface area contributed by atoms with E-state index in [4.69, 9.17) is 4.74 Å². The van der Waals surface area contributed by atoms with Crippen molar-refractivity contribution in [3.8, 4) is 5.75 Å². The van der Waals surface area contributed by atoms with Gasteiger partial charge in [-0.2, -0.15) is 0 Å². The lowest BCUT2D eigenvalue weighted by molar-refractivity contribution is -0.122. The van der Waals surface area contributed by atoms with Gasteiger partial charge in [0.2, 0.25) is 11.8 Å². The number of benzene rings is 2. The summed E-state index contributed by atoms with van der Waals surface area (Å²) in [5, 5.41) is 3.29. The number of amides is 2. The molecule has 1 saturated heterocycles. The normalized spacial score (nSPS) is 16.2. The minimum absolute atomic E-state index is 0.0175. The van der Waals surface area contributed by atoms with Crippen LogP contribution in [-0.4, -0.2) is 35.0 Å². The molecule has 8 heteroatoms. The molecular weight excluding hydrogens is 396 g/mol. The van der Waals surface area contributed by atoms with E-state index in [0.29, 0.717) is 28.9 Å². The van der Waals surface area contributed by atoms with Gasteiger partial charge in [0.1, 0.15) is 5.75 Å². The summed E-state index contributed by atoms with van der Waals surface area (Å²) < 4.78 is 6.70. The Kier molecular flexibility index (Phi) is 5.46. The molecular formula is C23H24N4O4. The first-order valence-corrected chi connectivity index (χ1v) is 10.1. The standard InChI is InChI=1S/C23H24N4O4/c1-14(2)27-13-24-20-9-4-16(11-19(20)23(27)30)25-22(29)15-10-21(28)26(12-15)17-5-7-18(31-3)8-6-17/h4-9,11,13-15H,10,12H2,1-3H3,(H,25,29). The molecule has 31 heavy (non-hydrogen) atoms. The Bertz CT molecular complexity index is 1200. The lowest BCUT2D eigenvalue weighted by Gasteiger charge is -2.17. The van der Waals surface area contributed by atoms with Crippen LogP contribution in [0.4, 0.5) is 11.4 Å². The van der Waals surface area contributed by atoms with Crippen molar-refractivity contribution in [2.75, 3.05) is 23.9 Å². The Morgan fingerprint density at radius 3 is 2.58 bits per heavy atom. The monoisotopic (exact) mass is 420 g/mol. The number of ether oxygens (including phenoxy) is 1. The molecule has 0 saturated carbocycles. The van der Waals surface area contributed by atoms with E-state index in [1.165, 1.54) is 6.33 Å².